The van der Waals surface area contributed by atoms with Gasteiger partial charge in [-0.05, 0) is 12.1 Å². The minimum Gasteiger partial charge on any atom is -0.315 e. The highest BCUT2D eigenvalue weighted by molar-refractivity contribution is 6.31. The molecule has 0 amide bonds. The van der Waals surface area contributed by atoms with Crippen LogP contribution >= 0.6 is 11.6 Å². The molecule has 0 bridgehead atoms. The summed E-state index contributed by atoms with van der Waals surface area (Å²) >= 11 is 5.87. The van der Waals surface area contributed by atoms with Crippen molar-refractivity contribution in [2.45, 2.75) is 5.92 Å². The fourth-order valence-electron chi connectivity index (χ4n) is 1.39. The normalized spacial score (nSPS) is 17.5. The van der Waals surface area contributed by atoms with Crippen LogP contribution in [0.25, 0.3) is 0 Å². The molecule has 1 saturated heterocycles. The second-order valence-corrected chi connectivity index (χ2v) is 3.40. The molecule has 1 heterocycles. The molecule has 12 heavy (non-hydrogen) atoms. The number of hydrogen-bond donors (Lipinski definition) is 1. The Morgan fingerprint density at radius 2 is 2.17 bits per heavy atom. The molecule has 0 atom stereocenters. The predicted molar refractivity (Wildman–Crippen MR) is 47.0 cm³/mol. The highest BCUT2D eigenvalue weighted by Crippen LogP contribution is 2.29. The van der Waals surface area contributed by atoms with Crippen molar-refractivity contribution < 1.29 is 4.39 Å². The van der Waals surface area contributed by atoms with Gasteiger partial charge in [-0.1, -0.05) is 17.7 Å². The van der Waals surface area contributed by atoms with Crippen LogP contribution in [0.2, 0.25) is 5.02 Å². The van der Waals surface area contributed by atoms with Gasteiger partial charge in [-0.3, -0.25) is 0 Å². The van der Waals surface area contributed by atoms with Crippen LogP contribution in [0.4, 0.5) is 4.39 Å². The standard InChI is InChI=1S/C9H9ClFN/c10-7-2-1-3-8(11)9(7)6-4-12-5-6/h1-3,6,12H,4-5H2. The van der Waals surface area contributed by atoms with Crippen LogP contribution in [-0.2, 0) is 0 Å². The Balaban J connectivity index is 2.39. The summed E-state index contributed by atoms with van der Waals surface area (Å²) in [7, 11) is 0. The molecule has 0 spiro atoms. The Kier molecular flexibility index (Phi) is 2.03. The van der Waals surface area contributed by atoms with Gasteiger partial charge in [0.2, 0.25) is 0 Å². The largest absolute Gasteiger partial charge is 0.315 e. The highest BCUT2D eigenvalue weighted by Gasteiger charge is 2.24. The van der Waals surface area contributed by atoms with Crippen molar-refractivity contribution in [1.29, 1.82) is 0 Å². The SMILES string of the molecule is Fc1cccc(Cl)c1C1CNC1. The lowest BCUT2D eigenvalue weighted by Crippen LogP contribution is -2.40. The maximum Gasteiger partial charge on any atom is 0.128 e. The summed E-state index contributed by atoms with van der Waals surface area (Å²) in [6, 6.07) is 4.82. The summed E-state index contributed by atoms with van der Waals surface area (Å²) in [4.78, 5) is 0. The summed E-state index contributed by atoms with van der Waals surface area (Å²) in [6.07, 6.45) is 0. The number of nitrogens with one attached hydrogen (secondary N) is 1. The van der Waals surface area contributed by atoms with E-state index in [4.69, 9.17) is 11.6 Å². The first-order valence-electron chi connectivity index (χ1n) is 3.93. The summed E-state index contributed by atoms with van der Waals surface area (Å²) in [5.41, 5.74) is 0.665. The van der Waals surface area contributed by atoms with Crippen molar-refractivity contribution in [2.24, 2.45) is 0 Å². The molecule has 0 radical (unpaired) electrons. The maximum absolute atomic E-state index is 13.2. The Bertz CT molecular complexity index is 276. The molecule has 64 valence electrons. The van der Waals surface area contributed by atoms with E-state index in [0.29, 0.717) is 10.6 Å². The molecule has 0 aromatic heterocycles. The van der Waals surface area contributed by atoms with Gasteiger partial charge in [-0.15, -0.1) is 0 Å². The number of halogens is 2. The minimum atomic E-state index is -0.186. The molecule has 1 aliphatic rings. The highest BCUT2D eigenvalue weighted by atomic mass is 35.5. The Morgan fingerprint density at radius 3 is 2.67 bits per heavy atom. The second kappa shape index (κ2) is 3.04. The van der Waals surface area contributed by atoms with Crippen LogP contribution < -0.4 is 5.32 Å². The summed E-state index contributed by atoms with van der Waals surface area (Å²) in [5.74, 6) is 0.0766. The number of rotatable bonds is 1. The first-order chi connectivity index (χ1) is 5.79. The van der Waals surface area contributed by atoms with Gasteiger partial charge in [-0.25, -0.2) is 4.39 Å². The van der Waals surface area contributed by atoms with E-state index in [2.05, 4.69) is 5.32 Å². The topological polar surface area (TPSA) is 12.0 Å². The quantitative estimate of drug-likeness (QED) is 0.707. The van der Waals surface area contributed by atoms with Gasteiger partial charge in [-0.2, -0.15) is 0 Å². The van der Waals surface area contributed by atoms with Gasteiger partial charge in [0.15, 0.2) is 0 Å². The third-order valence-electron chi connectivity index (χ3n) is 2.19. The molecule has 0 saturated carbocycles. The van der Waals surface area contributed by atoms with Crippen molar-refractivity contribution in [1.82, 2.24) is 5.32 Å². The average molecular weight is 186 g/mol. The Morgan fingerprint density at radius 1 is 1.42 bits per heavy atom. The molecule has 1 N–H and O–H groups in total. The molecular formula is C9H9ClFN. The Hall–Kier alpha value is -0.600. The van der Waals surface area contributed by atoms with Crippen LogP contribution in [-0.4, -0.2) is 13.1 Å². The smallest absolute Gasteiger partial charge is 0.128 e. The molecule has 1 aliphatic heterocycles. The zero-order chi connectivity index (χ0) is 8.55. The van der Waals surface area contributed by atoms with Crippen LogP contribution in [0.15, 0.2) is 18.2 Å². The minimum absolute atomic E-state index is 0.186. The lowest BCUT2D eigenvalue weighted by atomic mass is 9.93. The zero-order valence-corrected chi connectivity index (χ0v) is 7.24. The van der Waals surface area contributed by atoms with E-state index in [-0.39, 0.29) is 11.7 Å². The van der Waals surface area contributed by atoms with Crippen LogP contribution in [0.5, 0.6) is 0 Å². The van der Waals surface area contributed by atoms with Gasteiger partial charge in [0, 0.05) is 29.6 Å². The fraction of sp³-hybridized carbons (Fsp3) is 0.333. The van der Waals surface area contributed by atoms with Crippen molar-refractivity contribution in [3.05, 3.63) is 34.6 Å². The molecule has 0 unspecified atom stereocenters. The predicted octanol–water partition coefficient (Wildman–Crippen LogP) is 2.17. The van der Waals surface area contributed by atoms with Crippen LogP contribution in [0, 0.1) is 5.82 Å². The van der Waals surface area contributed by atoms with Crippen molar-refractivity contribution in [3.8, 4) is 0 Å². The van der Waals surface area contributed by atoms with E-state index < -0.39 is 0 Å². The third kappa shape index (κ3) is 1.21. The van der Waals surface area contributed by atoms with Crippen molar-refractivity contribution >= 4 is 11.6 Å². The molecule has 1 nitrogen and oxygen atoms in total. The molecule has 1 aromatic carbocycles. The van der Waals surface area contributed by atoms with Gasteiger partial charge in [0.1, 0.15) is 5.82 Å². The molecule has 3 heteroatoms. The van der Waals surface area contributed by atoms with E-state index in [1.165, 1.54) is 6.07 Å². The third-order valence-corrected chi connectivity index (χ3v) is 2.52. The van der Waals surface area contributed by atoms with E-state index in [1.807, 2.05) is 0 Å². The summed E-state index contributed by atoms with van der Waals surface area (Å²) in [6.45, 7) is 1.67. The monoisotopic (exact) mass is 185 g/mol. The number of benzene rings is 1. The Labute approximate surface area is 75.5 Å². The summed E-state index contributed by atoms with van der Waals surface area (Å²) < 4.78 is 13.2. The number of hydrogen-bond acceptors (Lipinski definition) is 1. The lowest BCUT2D eigenvalue weighted by molar-refractivity contribution is 0.431. The van der Waals surface area contributed by atoms with Gasteiger partial charge < -0.3 is 5.32 Å². The van der Waals surface area contributed by atoms with Crippen molar-refractivity contribution in [3.63, 3.8) is 0 Å². The zero-order valence-electron chi connectivity index (χ0n) is 6.48. The maximum atomic E-state index is 13.2. The van der Waals surface area contributed by atoms with Gasteiger partial charge in [0.25, 0.3) is 0 Å². The molecule has 2 rings (SSSR count). The van der Waals surface area contributed by atoms with E-state index in [9.17, 15) is 4.39 Å². The first kappa shape index (κ1) is 8.02. The van der Waals surface area contributed by atoms with E-state index in [0.717, 1.165) is 13.1 Å². The van der Waals surface area contributed by atoms with E-state index >= 15 is 0 Å². The van der Waals surface area contributed by atoms with Gasteiger partial charge >= 0.3 is 0 Å². The van der Waals surface area contributed by atoms with Crippen LogP contribution in [0.3, 0.4) is 0 Å². The van der Waals surface area contributed by atoms with E-state index in [1.54, 1.807) is 12.1 Å². The lowest BCUT2D eigenvalue weighted by Gasteiger charge is -2.28. The fourth-order valence-corrected chi connectivity index (χ4v) is 1.71. The van der Waals surface area contributed by atoms with Gasteiger partial charge in [0.05, 0.1) is 0 Å². The second-order valence-electron chi connectivity index (χ2n) is 2.99. The molecule has 1 aromatic rings. The molecule has 1 fully saturated rings. The molecule has 0 aliphatic carbocycles. The van der Waals surface area contributed by atoms with Crippen molar-refractivity contribution in [2.75, 3.05) is 13.1 Å². The van der Waals surface area contributed by atoms with Crippen LogP contribution in [0.1, 0.15) is 11.5 Å². The average Bonchev–Trinajstić information content (AvgIpc) is 1.93. The summed E-state index contributed by atoms with van der Waals surface area (Å²) in [5, 5.41) is 3.63. The first-order valence-corrected chi connectivity index (χ1v) is 4.31. The molecular weight excluding hydrogens is 177 g/mol.